The van der Waals surface area contributed by atoms with Crippen molar-refractivity contribution in [2.45, 2.75) is 56.4 Å². The molecule has 6 heterocycles. The highest BCUT2D eigenvalue weighted by atomic mass is 35.5. The van der Waals surface area contributed by atoms with E-state index in [1.54, 1.807) is 18.2 Å². The second-order valence-corrected chi connectivity index (χ2v) is 14.1. The topological polar surface area (TPSA) is 85.8 Å². The number of amides is 1. The fraction of sp³-hybridized carbons (Fsp3) is 0.429. The lowest BCUT2D eigenvalue weighted by Crippen LogP contribution is -2.61. The molecule has 6 aliphatic rings. The normalized spacial score (nSPS) is 25.1. The van der Waals surface area contributed by atoms with Gasteiger partial charge in [-0.15, -0.1) is 0 Å². The quantitative estimate of drug-likeness (QED) is 0.344. The van der Waals surface area contributed by atoms with Crippen LogP contribution in [0.5, 0.6) is 5.75 Å². The van der Waals surface area contributed by atoms with E-state index < -0.39 is 11.8 Å². The summed E-state index contributed by atoms with van der Waals surface area (Å²) in [5, 5.41) is 10.6. The van der Waals surface area contributed by atoms with Gasteiger partial charge in [-0.1, -0.05) is 41.4 Å². The number of halogens is 3. The minimum absolute atomic E-state index is 0.0371. The second kappa shape index (κ2) is 11.8. The van der Waals surface area contributed by atoms with Crippen molar-refractivity contribution in [2.75, 3.05) is 49.9 Å². The van der Waals surface area contributed by atoms with Crippen LogP contribution in [0.15, 0.2) is 42.5 Å². The van der Waals surface area contributed by atoms with Gasteiger partial charge in [0.1, 0.15) is 11.6 Å². The number of likely N-dealkylation sites (N-methyl/N-ethyl adjacent to an activating group) is 1. The minimum Gasteiger partial charge on any atom is -0.478 e. The first kappa shape index (κ1) is 30.7. The lowest BCUT2D eigenvalue weighted by molar-refractivity contribution is 0.0516. The fourth-order valence-corrected chi connectivity index (χ4v) is 8.87. The SMILES string of the molecule is CN1CC2CC[C@H]1CN2c1cc(Cl)c(C(=O)N2COc3c(cccc3-c3cc(N4C5CCC4COC5)c(C(=O)O)cc3F)C2)c(Cl)c1. The van der Waals surface area contributed by atoms with Crippen LogP contribution >= 0.6 is 23.2 Å². The summed E-state index contributed by atoms with van der Waals surface area (Å²) in [4.78, 5) is 34.4. The highest BCUT2D eigenvalue weighted by molar-refractivity contribution is 6.40. The summed E-state index contributed by atoms with van der Waals surface area (Å²) in [5.41, 5.74) is 2.97. The molecule has 9 nitrogen and oxygen atoms in total. The predicted octanol–water partition coefficient (Wildman–Crippen LogP) is 6.14. The van der Waals surface area contributed by atoms with E-state index in [0.717, 1.165) is 44.1 Å². The average Bonchev–Trinajstić information content (AvgIpc) is 3.30. The maximum absolute atomic E-state index is 15.7. The molecule has 12 heteroatoms. The van der Waals surface area contributed by atoms with Gasteiger partial charge in [-0.05, 0) is 57.0 Å². The van der Waals surface area contributed by atoms with Crippen LogP contribution in [0.2, 0.25) is 10.0 Å². The Bertz CT molecular complexity index is 1750. The van der Waals surface area contributed by atoms with E-state index in [1.165, 1.54) is 11.3 Å². The van der Waals surface area contributed by atoms with Crippen molar-refractivity contribution in [3.8, 4) is 16.9 Å². The summed E-state index contributed by atoms with van der Waals surface area (Å²) in [6, 6.07) is 12.7. The number of nitrogens with zero attached hydrogens (tertiary/aromatic N) is 4. The first-order valence-corrected chi connectivity index (χ1v) is 16.9. The molecular formula is C35H35Cl2FN4O5. The van der Waals surface area contributed by atoms with E-state index in [1.807, 2.05) is 18.2 Å². The molecule has 4 bridgehead atoms. The standard InChI is InChI=1S/C35H35Cl2FN4O5/c1-39-14-21-6-5-20(39)15-41(21)24-9-28(36)32(29(37)10-24)34(43)40-13-19-3-2-4-25(33(19)47-18-40)26-12-31(27(35(44)45)11-30(26)38)42-22-7-8-23(42)17-46-16-22/h2-4,9-12,20-23H,5-8,13-18H2,1H3,(H,44,45)/t20-,21?,22?,23?/m0/s1. The third-order valence-corrected chi connectivity index (χ3v) is 11.2. The molecule has 246 valence electrons. The Morgan fingerprint density at radius 1 is 0.915 bits per heavy atom. The third-order valence-electron chi connectivity index (χ3n) is 10.6. The summed E-state index contributed by atoms with van der Waals surface area (Å²) < 4.78 is 27.6. The number of ether oxygens (including phenoxy) is 2. The Morgan fingerprint density at radius 2 is 1.62 bits per heavy atom. The van der Waals surface area contributed by atoms with Gasteiger partial charge >= 0.3 is 5.97 Å². The van der Waals surface area contributed by atoms with Crippen LogP contribution in [0.4, 0.5) is 15.8 Å². The average molecular weight is 682 g/mol. The van der Waals surface area contributed by atoms with Crippen LogP contribution in [0, 0.1) is 5.82 Å². The molecule has 47 heavy (non-hydrogen) atoms. The Kier molecular flexibility index (Phi) is 7.74. The van der Waals surface area contributed by atoms with Gasteiger partial charge in [0.2, 0.25) is 0 Å². The number of rotatable bonds is 5. The number of hydrogen-bond acceptors (Lipinski definition) is 7. The van der Waals surface area contributed by atoms with Crippen molar-refractivity contribution in [3.05, 3.63) is 75.0 Å². The molecular weight excluding hydrogens is 646 g/mol. The van der Waals surface area contributed by atoms with Crippen molar-refractivity contribution in [2.24, 2.45) is 0 Å². The molecule has 0 spiro atoms. The molecule has 0 aliphatic carbocycles. The summed E-state index contributed by atoms with van der Waals surface area (Å²) in [6.45, 7) is 3.00. The van der Waals surface area contributed by atoms with E-state index in [2.05, 4.69) is 21.7 Å². The number of carboxylic acid groups (broad SMARTS) is 1. The van der Waals surface area contributed by atoms with Crippen LogP contribution in [-0.4, -0.2) is 91.0 Å². The number of benzene rings is 3. The Hall–Kier alpha value is -3.57. The van der Waals surface area contributed by atoms with Gasteiger partial charge in [0.05, 0.1) is 58.7 Å². The molecule has 5 saturated heterocycles. The van der Waals surface area contributed by atoms with Gasteiger partial charge < -0.3 is 29.3 Å². The van der Waals surface area contributed by atoms with Crippen molar-refractivity contribution in [1.82, 2.24) is 9.80 Å². The molecule has 9 rings (SSSR count). The summed E-state index contributed by atoms with van der Waals surface area (Å²) >= 11 is 13.5. The zero-order valence-electron chi connectivity index (χ0n) is 25.9. The molecule has 1 N–H and O–H groups in total. The maximum atomic E-state index is 15.7. The number of hydrogen-bond donors (Lipinski definition) is 1. The van der Waals surface area contributed by atoms with Gasteiger partial charge in [0.15, 0.2) is 6.73 Å². The number of anilines is 2. The monoisotopic (exact) mass is 680 g/mol. The lowest BCUT2D eigenvalue weighted by atomic mass is 9.90. The molecule has 3 unspecified atom stereocenters. The van der Waals surface area contributed by atoms with Gasteiger partial charge in [0.25, 0.3) is 5.91 Å². The molecule has 4 atom stereocenters. The number of piperidine rings is 2. The van der Waals surface area contributed by atoms with E-state index in [0.29, 0.717) is 47.9 Å². The number of carbonyl (C=O) groups excluding carboxylic acids is 1. The van der Waals surface area contributed by atoms with Crippen molar-refractivity contribution >= 4 is 46.5 Å². The van der Waals surface area contributed by atoms with Gasteiger partial charge in [0, 0.05) is 47.6 Å². The van der Waals surface area contributed by atoms with Crippen LogP contribution in [0.1, 0.15) is 52.0 Å². The largest absolute Gasteiger partial charge is 0.478 e. The van der Waals surface area contributed by atoms with Crippen molar-refractivity contribution in [3.63, 3.8) is 0 Å². The molecule has 6 aliphatic heterocycles. The summed E-state index contributed by atoms with van der Waals surface area (Å²) in [5.74, 6) is -1.75. The number of aromatic carboxylic acids is 1. The van der Waals surface area contributed by atoms with Crippen LogP contribution in [-0.2, 0) is 11.3 Å². The van der Waals surface area contributed by atoms with Crippen molar-refractivity contribution in [1.29, 1.82) is 0 Å². The number of morpholine rings is 1. The van der Waals surface area contributed by atoms with Gasteiger partial charge in [-0.2, -0.15) is 0 Å². The van der Waals surface area contributed by atoms with E-state index in [9.17, 15) is 14.7 Å². The Labute approximate surface area is 282 Å². The smallest absolute Gasteiger partial charge is 0.337 e. The second-order valence-electron chi connectivity index (χ2n) is 13.3. The molecule has 3 aromatic rings. The predicted molar refractivity (Wildman–Crippen MR) is 178 cm³/mol. The lowest BCUT2D eigenvalue weighted by Gasteiger charge is -2.51. The highest BCUT2D eigenvalue weighted by Gasteiger charge is 2.40. The molecule has 0 aromatic heterocycles. The number of para-hydroxylation sites is 1. The number of carboxylic acids is 1. The zero-order valence-corrected chi connectivity index (χ0v) is 27.4. The molecule has 0 saturated carbocycles. The highest BCUT2D eigenvalue weighted by Crippen LogP contribution is 2.44. The van der Waals surface area contributed by atoms with Crippen LogP contribution < -0.4 is 14.5 Å². The van der Waals surface area contributed by atoms with Crippen LogP contribution in [0.25, 0.3) is 11.1 Å². The van der Waals surface area contributed by atoms with E-state index in [-0.39, 0.29) is 58.0 Å². The summed E-state index contributed by atoms with van der Waals surface area (Å²) in [7, 11) is 2.16. The number of carbonyl (C=O) groups is 2. The first-order chi connectivity index (χ1) is 22.7. The van der Waals surface area contributed by atoms with E-state index >= 15 is 4.39 Å². The van der Waals surface area contributed by atoms with Crippen molar-refractivity contribution < 1.29 is 28.6 Å². The van der Waals surface area contributed by atoms with Gasteiger partial charge in [-0.25, -0.2) is 9.18 Å². The number of piperazine rings is 1. The molecule has 1 amide bonds. The van der Waals surface area contributed by atoms with Gasteiger partial charge in [-0.3, -0.25) is 9.69 Å². The third kappa shape index (κ3) is 5.21. The molecule has 5 fully saturated rings. The zero-order chi connectivity index (χ0) is 32.6. The van der Waals surface area contributed by atoms with Crippen LogP contribution in [0.3, 0.4) is 0 Å². The molecule has 3 aromatic carbocycles. The first-order valence-electron chi connectivity index (χ1n) is 16.1. The Balaban J connectivity index is 1.07. The molecule has 0 radical (unpaired) electrons. The Morgan fingerprint density at radius 3 is 2.28 bits per heavy atom. The minimum atomic E-state index is -1.18. The van der Waals surface area contributed by atoms with E-state index in [4.69, 9.17) is 32.7 Å². The number of fused-ring (bicyclic) bond motifs is 6. The summed E-state index contributed by atoms with van der Waals surface area (Å²) in [6.07, 6.45) is 4.06. The maximum Gasteiger partial charge on any atom is 0.337 e. The fourth-order valence-electron chi connectivity index (χ4n) is 8.23.